The Morgan fingerprint density at radius 2 is 1.53 bits per heavy atom. The number of benzene rings is 2. The zero-order chi connectivity index (χ0) is 11.7. The molecule has 1 unspecified atom stereocenters. The quantitative estimate of drug-likeness (QED) is 0.734. The molecule has 0 bridgehead atoms. The van der Waals surface area contributed by atoms with Gasteiger partial charge in [0.1, 0.15) is 5.82 Å². The summed E-state index contributed by atoms with van der Waals surface area (Å²) in [6, 6.07) is 16.9. The molecule has 2 heteroatoms. The molecular formula is C15H13FO. The lowest BCUT2D eigenvalue weighted by molar-refractivity contribution is 0.389. The van der Waals surface area contributed by atoms with E-state index in [9.17, 15) is 4.39 Å². The molecule has 1 aliphatic heterocycles. The third kappa shape index (κ3) is 2.22. The predicted octanol–water partition coefficient (Wildman–Crippen LogP) is 3.36. The van der Waals surface area contributed by atoms with Crippen molar-refractivity contribution in [2.24, 2.45) is 0 Å². The molecule has 2 aromatic carbocycles. The summed E-state index contributed by atoms with van der Waals surface area (Å²) in [6.45, 7) is 0.789. The second kappa shape index (κ2) is 4.30. The van der Waals surface area contributed by atoms with Crippen molar-refractivity contribution in [3.63, 3.8) is 0 Å². The highest BCUT2D eigenvalue weighted by molar-refractivity contribution is 5.35. The van der Waals surface area contributed by atoms with E-state index in [2.05, 4.69) is 12.1 Å². The first-order valence-electron chi connectivity index (χ1n) is 5.76. The van der Waals surface area contributed by atoms with E-state index in [0.29, 0.717) is 0 Å². The molecule has 1 heterocycles. The highest BCUT2D eigenvalue weighted by Gasteiger charge is 2.34. The van der Waals surface area contributed by atoms with Crippen LogP contribution in [-0.2, 0) is 4.74 Å². The molecule has 17 heavy (non-hydrogen) atoms. The smallest absolute Gasteiger partial charge is 0.123 e. The van der Waals surface area contributed by atoms with Gasteiger partial charge in [-0.05, 0) is 23.3 Å². The number of hydrogen-bond donors (Lipinski definition) is 0. The van der Waals surface area contributed by atoms with Crippen LogP contribution in [0.25, 0.3) is 0 Å². The summed E-state index contributed by atoms with van der Waals surface area (Å²) < 4.78 is 18.4. The molecule has 1 fully saturated rings. The summed E-state index contributed by atoms with van der Waals surface area (Å²) in [6.07, 6.45) is 0.239. The van der Waals surface area contributed by atoms with E-state index in [1.165, 1.54) is 17.7 Å². The molecule has 3 rings (SSSR count). The van der Waals surface area contributed by atoms with E-state index in [-0.39, 0.29) is 17.8 Å². The Balaban J connectivity index is 1.98. The van der Waals surface area contributed by atoms with Crippen LogP contribution >= 0.6 is 0 Å². The molecule has 0 aliphatic carbocycles. The highest BCUT2D eigenvalue weighted by Crippen LogP contribution is 2.35. The lowest BCUT2D eigenvalue weighted by Gasteiger charge is -2.15. The highest BCUT2D eigenvalue weighted by atomic mass is 19.1. The maximum atomic E-state index is 12.9. The number of ether oxygens (including phenoxy) is 1. The van der Waals surface area contributed by atoms with Gasteiger partial charge in [0.15, 0.2) is 0 Å². The van der Waals surface area contributed by atoms with Crippen molar-refractivity contribution in [2.45, 2.75) is 12.0 Å². The van der Waals surface area contributed by atoms with Gasteiger partial charge in [0.25, 0.3) is 0 Å². The van der Waals surface area contributed by atoms with Crippen molar-refractivity contribution in [2.75, 3.05) is 6.61 Å². The van der Waals surface area contributed by atoms with Crippen LogP contribution in [0.5, 0.6) is 0 Å². The Morgan fingerprint density at radius 3 is 2.12 bits per heavy atom. The molecule has 2 aromatic rings. The molecule has 0 aromatic heterocycles. The second-order valence-corrected chi connectivity index (χ2v) is 4.31. The lowest BCUT2D eigenvalue weighted by Crippen LogP contribution is -2.08. The molecule has 0 saturated carbocycles. The van der Waals surface area contributed by atoms with Gasteiger partial charge in [0.2, 0.25) is 0 Å². The molecule has 1 saturated heterocycles. The summed E-state index contributed by atoms with van der Waals surface area (Å²) in [7, 11) is 0. The number of halogens is 1. The minimum Gasteiger partial charge on any atom is -0.372 e. The normalized spacial score (nSPS) is 19.9. The van der Waals surface area contributed by atoms with Crippen LogP contribution in [0.15, 0.2) is 54.6 Å². The van der Waals surface area contributed by atoms with Gasteiger partial charge >= 0.3 is 0 Å². The van der Waals surface area contributed by atoms with Gasteiger partial charge in [-0.2, -0.15) is 0 Å². The van der Waals surface area contributed by atoms with Crippen LogP contribution < -0.4 is 0 Å². The van der Waals surface area contributed by atoms with Crippen LogP contribution in [0.3, 0.4) is 0 Å². The summed E-state index contributed by atoms with van der Waals surface area (Å²) in [5.41, 5.74) is 2.33. The fraction of sp³-hybridized carbons (Fsp3) is 0.200. The fourth-order valence-electron chi connectivity index (χ4n) is 2.20. The first-order valence-corrected chi connectivity index (χ1v) is 5.76. The zero-order valence-corrected chi connectivity index (χ0v) is 9.34. The van der Waals surface area contributed by atoms with Gasteiger partial charge in [-0.3, -0.25) is 0 Å². The van der Waals surface area contributed by atoms with Crippen molar-refractivity contribution >= 4 is 0 Å². The van der Waals surface area contributed by atoms with Crippen molar-refractivity contribution in [3.05, 3.63) is 71.5 Å². The summed E-state index contributed by atoms with van der Waals surface area (Å²) in [5.74, 6) is 0.0223. The van der Waals surface area contributed by atoms with E-state index in [1.54, 1.807) is 0 Å². The van der Waals surface area contributed by atoms with E-state index in [0.717, 1.165) is 12.2 Å². The van der Waals surface area contributed by atoms with Gasteiger partial charge in [-0.15, -0.1) is 0 Å². The SMILES string of the molecule is Fc1ccc([C@@H](c2ccccc2)C2CO2)cc1. The molecule has 2 atom stereocenters. The van der Waals surface area contributed by atoms with E-state index in [1.807, 2.05) is 30.3 Å². The molecule has 0 amide bonds. The van der Waals surface area contributed by atoms with Crippen LogP contribution in [0.4, 0.5) is 4.39 Å². The molecule has 86 valence electrons. The maximum absolute atomic E-state index is 12.9. The number of epoxide rings is 1. The van der Waals surface area contributed by atoms with E-state index >= 15 is 0 Å². The van der Waals surface area contributed by atoms with Gasteiger partial charge in [0.05, 0.1) is 12.7 Å². The topological polar surface area (TPSA) is 12.5 Å². The van der Waals surface area contributed by atoms with Crippen molar-refractivity contribution in [1.29, 1.82) is 0 Å². The Morgan fingerprint density at radius 1 is 0.941 bits per heavy atom. The van der Waals surface area contributed by atoms with Crippen LogP contribution in [-0.4, -0.2) is 12.7 Å². The maximum Gasteiger partial charge on any atom is 0.123 e. The number of rotatable bonds is 3. The van der Waals surface area contributed by atoms with E-state index in [4.69, 9.17) is 4.74 Å². The first kappa shape index (κ1) is 10.5. The Bertz CT molecular complexity index is 488. The summed E-state index contributed by atoms with van der Waals surface area (Å²) >= 11 is 0. The van der Waals surface area contributed by atoms with Crippen LogP contribution in [0, 0.1) is 5.82 Å². The van der Waals surface area contributed by atoms with E-state index < -0.39 is 0 Å². The average Bonchev–Trinajstić information content (AvgIpc) is 3.18. The van der Waals surface area contributed by atoms with Gasteiger partial charge in [-0.1, -0.05) is 42.5 Å². The lowest BCUT2D eigenvalue weighted by atomic mass is 9.89. The van der Waals surface area contributed by atoms with Crippen LogP contribution in [0.2, 0.25) is 0 Å². The molecule has 0 N–H and O–H groups in total. The van der Waals surface area contributed by atoms with Crippen molar-refractivity contribution < 1.29 is 9.13 Å². The number of hydrogen-bond acceptors (Lipinski definition) is 1. The average molecular weight is 228 g/mol. The monoisotopic (exact) mass is 228 g/mol. The molecule has 1 nitrogen and oxygen atoms in total. The molecule has 0 spiro atoms. The molecular weight excluding hydrogens is 215 g/mol. The van der Waals surface area contributed by atoms with Crippen LogP contribution in [0.1, 0.15) is 17.0 Å². The van der Waals surface area contributed by atoms with Gasteiger partial charge in [0, 0.05) is 5.92 Å². The Kier molecular flexibility index (Phi) is 2.65. The minimum absolute atomic E-state index is 0.197. The van der Waals surface area contributed by atoms with Gasteiger partial charge < -0.3 is 4.74 Å². The van der Waals surface area contributed by atoms with Crippen molar-refractivity contribution in [1.82, 2.24) is 0 Å². The third-order valence-electron chi connectivity index (χ3n) is 3.12. The van der Waals surface area contributed by atoms with Gasteiger partial charge in [-0.25, -0.2) is 4.39 Å². The molecule has 1 aliphatic rings. The predicted molar refractivity (Wildman–Crippen MR) is 64.4 cm³/mol. The van der Waals surface area contributed by atoms with Crippen molar-refractivity contribution in [3.8, 4) is 0 Å². The second-order valence-electron chi connectivity index (χ2n) is 4.31. The fourth-order valence-corrected chi connectivity index (χ4v) is 2.20. The third-order valence-corrected chi connectivity index (χ3v) is 3.12. The minimum atomic E-state index is -0.197. The zero-order valence-electron chi connectivity index (χ0n) is 9.34. The largest absolute Gasteiger partial charge is 0.372 e. The Hall–Kier alpha value is -1.67. The standard InChI is InChI=1S/C15H13FO/c16-13-8-6-12(7-9-13)15(14-10-17-14)11-4-2-1-3-5-11/h1-9,14-15H,10H2/t14?,15-/m1/s1. The first-order chi connectivity index (χ1) is 8.34. The summed E-state index contributed by atoms with van der Waals surface area (Å²) in [5, 5.41) is 0. The summed E-state index contributed by atoms with van der Waals surface area (Å²) in [4.78, 5) is 0. The molecule has 0 radical (unpaired) electrons. The Labute approximate surface area is 99.9 Å².